The van der Waals surface area contributed by atoms with Gasteiger partial charge in [-0.1, -0.05) is 0 Å². The quantitative estimate of drug-likeness (QED) is 0.772. The summed E-state index contributed by atoms with van der Waals surface area (Å²) in [5.41, 5.74) is 0.373. The van der Waals surface area contributed by atoms with Crippen molar-refractivity contribution in [1.82, 2.24) is 4.90 Å². The number of nitrogens with zero attached hydrogens (tertiary/aromatic N) is 1. The van der Waals surface area contributed by atoms with E-state index in [9.17, 15) is 4.79 Å². The second kappa shape index (κ2) is 4.65. The molecule has 1 aromatic rings. The van der Waals surface area contributed by atoms with Crippen molar-refractivity contribution in [2.75, 3.05) is 33.0 Å². The first-order chi connectivity index (χ1) is 9.12. The highest BCUT2D eigenvalue weighted by Crippen LogP contribution is 2.31. The number of furan rings is 1. The molecule has 5 heteroatoms. The lowest BCUT2D eigenvalue weighted by atomic mass is 9.95. The van der Waals surface area contributed by atoms with E-state index in [1.165, 1.54) is 0 Å². The first-order valence-electron chi connectivity index (χ1n) is 6.67. The fourth-order valence-electron chi connectivity index (χ4n) is 2.96. The average molecular weight is 265 g/mol. The smallest absolute Gasteiger partial charge is 0.258 e. The fourth-order valence-corrected chi connectivity index (χ4v) is 2.96. The van der Waals surface area contributed by atoms with Crippen LogP contribution < -0.4 is 0 Å². The molecule has 3 rings (SSSR count). The van der Waals surface area contributed by atoms with Crippen LogP contribution in [0.15, 0.2) is 10.5 Å². The van der Waals surface area contributed by atoms with E-state index in [-0.39, 0.29) is 11.4 Å². The number of ether oxygens (including phenoxy) is 2. The molecule has 3 heterocycles. The summed E-state index contributed by atoms with van der Waals surface area (Å²) in [5, 5.41) is 0. The molecule has 0 unspecified atom stereocenters. The largest absolute Gasteiger partial charge is 0.466 e. The van der Waals surface area contributed by atoms with Gasteiger partial charge in [-0.05, 0) is 26.3 Å². The van der Waals surface area contributed by atoms with Gasteiger partial charge >= 0.3 is 0 Å². The molecule has 2 saturated heterocycles. The van der Waals surface area contributed by atoms with Gasteiger partial charge in [-0.2, -0.15) is 0 Å². The van der Waals surface area contributed by atoms with Gasteiger partial charge in [0.2, 0.25) is 0 Å². The number of carbonyl (C=O) groups excluding carboxylic acids is 1. The molecule has 19 heavy (non-hydrogen) atoms. The van der Waals surface area contributed by atoms with Crippen LogP contribution in [-0.4, -0.2) is 49.3 Å². The predicted octanol–water partition coefficient (Wildman–Crippen LogP) is 1.53. The number of hydrogen-bond acceptors (Lipinski definition) is 4. The maximum Gasteiger partial charge on any atom is 0.258 e. The van der Waals surface area contributed by atoms with Gasteiger partial charge < -0.3 is 18.8 Å². The van der Waals surface area contributed by atoms with Crippen LogP contribution in [0.25, 0.3) is 0 Å². The second-order valence-electron chi connectivity index (χ2n) is 5.36. The summed E-state index contributed by atoms with van der Waals surface area (Å²) in [6.07, 6.45) is 0.842. The molecule has 0 saturated carbocycles. The summed E-state index contributed by atoms with van der Waals surface area (Å²) >= 11 is 0. The van der Waals surface area contributed by atoms with Crippen molar-refractivity contribution >= 4 is 5.91 Å². The van der Waals surface area contributed by atoms with Crippen molar-refractivity contribution in [2.24, 2.45) is 0 Å². The van der Waals surface area contributed by atoms with E-state index in [1.807, 2.05) is 24.8 Å². The Bertz CT molecular complexity index is 488. The predicted molar refractivity (Wildman–Crippen MR) is 68.2 cm³/mol. The van der Waals surface area contributed by atoms with Gasteiger partial charge in [0, 0.05) is 13.2 Å². The number of hydrogen-bond donors (Lipinski definition) is 0. The summed E-state index contributed by atoms with van der Waals surface area (Å²) in [5.74, 6) is 1.48. The van der Waals surface area contributed by atoms with Gasteiger partial charge in [-0.15, -0.1) is 0 Å². The first kappa shape index (κ1) is 12.7. The lowest BCUT2D eigenvalue weighted by molar-refractivity contribution is -0.0551. The van der Waals surface area contributed by atoms with Crippen LogP contribution in [0.4, 0.5) is 0 Å². The molecule has 104 valence electrons. The molecule has 1 atom stereocenters. The molecule has 0 N–H and O–H groups in total. The maximum atomic E-state index is 12.7. The van der Waals surface area contributed by atoms with E-state index in [2.05, 4.69) is 0 Å². The number of carbonyl (C=O) groups is 1. The normalized spacial score (nSPS) is 27.2. The first-order valence-corrected chi connectivity index (χ1v) is 6.67. The van der Waals surface area contributed by atoms with Crippen molar-refractivity contribution in [3.63, 3.8) is 0 Å². The van der Waals surface area contributed by atoms with E-state index in [1.54, 1.807) is 0 Å². The average Bonchev–Trinajstić information content (AvgIpc) is 2.97. The van der Waals surface area contributed by atoms with Crippen LogP contribution in [0, 0.1) is 13.8 Å². The molecule has 0 aromatic carbocycles. The minimum atomic E-state index is -0.285. The Morgan fingerprint density at radius 3 is 2.63 bits per heavy atom. The second-order valence-corrected chi connectivity index (χ2v) is 5.36. The third-order valence-corrected chi connectivity index (χ3v) is 4.00. The topological polar surface area (TPSA) is 51.9 Å². The van der Waals surface area contributed by atoms with Gasteiger partial charge in [-0.3, -0.25) is 4.79 Å². The third-order valence-electron chi connectivity index (χ3n) is 4.00. The monoisotopic (exact) mass is 265 g/mol. The molecule has 0 radical (unpaired) electrons. The molecular weight excluding hydrogens is 246 g/mol. The van der Waals surface area contributed by atoms with Gasteiger partial charge in [-0.25, -0.2) is 0 Å². The summed E-state index contributed by atoms with van der Waals surface area (Å²) < 4.78 is 16.5. The Hall–Kier alpha value is -1.33. The van der Waals surface area contributed by atoms with Crippen LogP contribution >= 0.6 is 0 Å². The zero-order valence-corrected chi connectivity index (χ0v) is 11.4. The standard InChI is InChI=1S/C14H19NO4/c1-10-7-12(11(2)19-10)13(16)15-4-6-18-9-14(15)3-5-17-8-14/h7H,3-6,8-9H2,1-2H3/t14-/m0/s1. The van der Waals surface area contributed by atoms with Crippen molar-refractivity contribution in [3.8, 4) is 0 Å². The molecule has 1 spiro atoms. The Kier molecular flexibility index (Phi) is 3.11. The van der Waals surface area contributed by atoms with E-state index in [4.69, 9.17) is 13.9 Å². The van der Waals surface area contributed by atoms with Crippen LogP contribution in [0.1, 0.15) is 28.3 Å². The van der Waals surface area contributed by atoms with Crippen molar-refractivity contribution < 1.29 is 18.7 Å². The van der Waals surface area contributed by atoms with Gasteiger partial charge in [0.25, 0.3) is 5.91 Å². The molecule has 2 fully saturated rings. The van der Waals surface area contributed by atoms with Crippen LogP contribution in [0.3, 0.4) is 0 Å². The fraction of sp³-hybridized carbons (Fsp3) is 0.643. The van der Waals surface area contributed by atoms with Crippen LogP contribution in [0.2, 0.25) is 0 Å². The number of aryl methyl sites for hydroxylation is 2. The Labute approximate surface area is 112 Å². The zero-order valence-electron chi connectivity index (χ0n) is 11.4. The lowest BCUT2D eigenvalue weighted by Crippen LogP contribution is -2.59. The Morgan fingerprint density at radius 1 is 1.26 bits per heavy atom. The summed E-state index contributed by atoms with van der Waals surface area (Å²) in [6.45, 7) is 6.71. The van der Waals surface area contributed by atoms with E-state index >= 15 is 0 Å². The van der Waals surface area contributed by atoms with Gasteiger partial charge in [0.15, 0.2) is 0 Å². The molecule has 1 amide bonds. The van der Waals surface area contributed by atoms with Crippen LogP contribution in [0.5, 0.6) is 0 Å². The van der Waals surface area contributed by atoms with E-state index < -0.39 is 0 Å². The molecule has 0 bridgehead atoms. The zero-order chi connectivity index (χ0) is 13.5. The molecule has 0 aliphatic carbocycles. The Balaban J connectivity index is 1.91. The summed E-state index contributed by atoms with van der Waals surface area (Å²) in [4.78, 5) is 14.7. The number of amides is 1. The van der Waals surface area contributed by atoms with Crippen molar-refractivity contribution in [1.29, 1.82) is 0 Å². The Morgan fingerprint density at radius 2 is 2.00 bits per heavy atom. The highest BCUT2D eigenvalue weighted by atomic mass is 16.5. The van der Waals surface area contributed by atoms with Crippen LogP contribution in [-0.2, 0) is 9.47 Å². The highest BCUT2D eigenvalue weighted by Gasteiger charge is 2.46. The lowest BCUT2D eigenvalue weighted by Gasteiger charge is -2.43. The summed E-state index contributed by atoms with van der Waals surface area (Å²) in [7, 11) is 0. The molecule has 2 aliphatic heterocycles. The van der Waals surface area contributed by atoms with Gasteiger partial charge in [0.05, 0.1) is 30.9 Å². The maximum absolute atomic E-state index is 12.7. The van der Waals surface area contributed by atoms with Crippen molar-refractivity contribution in [3.05, 3.63) is 23.2 Å². The SMILES string of the molecule is Cc1cc(C(=O)N2CCOC[C@@]23CCOC3)c(C)o1. The minimum Gasteiger partial charge on any atom is -0.466 e. The third kappa shape index (κ3) is 2.07. The van der Waals surface area contributed by atoms with Gasteiger partial charge in [0.1, 0.15) is 11.5 Å². The highest BCUT2D eigenvalue weighted by molar-refractivity contribution is 5.96. The minimum absolute atomic E-state index is 0.0307. The molecular formula is C14H19NO4. The van der Waals surface area contributed by atoms with Crippen molar-refractivity contribution in [2.45, 2.75) is 25.8 Å². The molecule has 1 aromatic heterocycles. The molecule has 5 nitrogen and oxygen atoms in total. The molecule has 2 aliphatic rings. The number of rotatable bonds is 1. The van der Waals surface area contributed by atoms with E-state index in [0.717, 1.165) is 12.2 Å². The van der Waals surface area contributed by atoms with E-state index in [0.29, 0.717) is 44.3 Å². The number of morpholine rings is 1. The summed E-state index contributed by atoms with van der Waals surface area (Å²) in [6, 6.07) is 1.82.